The lowest BCUT2D eigenvalue weighted by molar-refractivity contribution is 0.466. The van der Waals surface area contributed by atoms with Gasteiger partial charge in [-0.2, -0.15) is 4.98 Å². The summed E-state index contributed by atoms with van der Waals surface area (Å²) >= 11 is 0. The highest BCUT2D eigenvalue weighted by molar-refractivity contribution is 5.85. The molecule has 1 aliphatic rings. The molecule has 0 saturated carbocycles. The number of nitrogens with two attached hydrogens (primary N) is 1. The summed E-state index contributed by atoms with van der Waals surface area (Å²) in [4.78, 5) is 4.39. The summed E-state index contributed by atoms with van der Waals surface area (Å²) in [5.74, 6) is 0. The van der Waals surface area contributed by atoms with Crippen LogP contribution in [0.1, 0.15) is 12.8 Å². The van der Waals surface area contributed by atoms with Crippen LogP contribution in [0.3, 0.4) is 0 Å². The Bertz CT molecular complexity index is 522. The molecule has 0 spiro atoms. The maximum atomic E-state index is 5.71. The summed E-state index contributed by atoms with van der Waals surface area (Å²) in [5.41, 5.74) is 8.00. The predicted octanol–water partition coefficient (Wildman–Crippen LogP) is 2.00. The minimum Gasteiger partial charge on any atom is -0.424 e. The largest absolute Gasteiger partial charge is 0.424 e. The van der Waals surface area contributed by atoms with Crippen molar-refractivity contribution in [2.45, 2.75) is 18.9 Å². The van der Waals surface area contributed by atoms with Crippen LogP contribution in [0, 0.1) is 0 Å². The highest BCUT2D eigenvalue weighted by Crippen LogP contribution is 2.22. The first-order valence-electron chi connectivity index (χ1n) is 5.94. The third-order valence-electron chi connectivity index (χ3n) is 3.08. The number of anilines is 2. The molecule has 5 nitrogen and oxygen atoms in total. The summed E-state index contributed by atoms with van der Waals surface area (Å²) in [6.45, 7) is 2.09. The third-order valence-corrected chi connectivity index (χ3v) is 3.08. The molecule has 98 valence electrons. The molecule has 2 heterocycles. The highest BCUT2D eigenvalue weighted by Gasteiger charge is 2.15. The first-order valence-corrected chi connectivity index (χ1v) is 5.94. The molecule has 1 aliphatic heterocycles. The van der Waals surface area contributed by atoms with E-state index in [9.17, 15) is 0 Å². The second-order valence-electron chi connectivity index (χ2n) is 4.41. The van der Waals surface area contributed by atoms with Gasteiger partial charge in [-0.3, -0.25) is 0 Å². The van der Waals surface area contributed by atoms with Crippen molar-refractivity contribution in [2.75, 3.05) is 24.1 Å². The molecule has 0 radical (unpaired) electrons. The smallest absolute Gasteiger partial charge is 0.295 e. The Labute approximate surface area is 112 Å². The van der Waals surface area contributed by atoms with Gasteiger partial charge >= 0.3 is 0 Å². The number of fused-ring (bicyclic) bond motifs is 1. The standard InChI is InChI=1S/C12H16N4O.ClH/c13-8-1-2-11-10(7-8)16-12(17-11)15-9-3-5-14-6-4-9;/h1-2,7,9,14H,3-6,13H2,(H,15,16);1H. The number of oxazole rings is 1. The predicted molar refractivity (Wildman–Crippen MR) is 75.2 cm³/mol. The summed E-state index contributed by atoms with van der Waals surface area (Å²) in [6.07, 6.45) is 2.20. The van der Waals surface area contributed by atoms with Crippen LogP contribution in [0.25, 0.3) is 11.1 Å². The number of hydrogen-bond donors (Lipinski definition) is 3. The summed E-state index contributed by atoms with van der Waals surface area (Å²) in [6, 6.07) is 6.54. The molecule has 3 rings (SSSR count). The molecule has 1 aromatic heterocycles. The van der Waals surface area contributed by atoms with Gasteiger partial charge in [-0.05, 0) is 44.1 Å². The molecule has 4 N–H and O–H groups in total. The van der Waals surface area contributed by atoms with E-state index in [1.165, 1.54) is 0 Å². The van der Waals surface area contributed by atoms with Gasteiger partial charge in [0.25, 0.3) is 6.01 Å². The third kappa shape index (κ3) is 2.68. The first kappa shape index (κ1) is 13.0. The molecule has 0 aliphatic carbocycles. The minimum absolute atomic E-state index is 0. The van der Waals surface area contributed by atoms with Crippen molar-refractivity contribution in [2.24, 2.45) is 0 Å². The summed E-state index contributed by atoms with van der Waals surface area (Å²) < 4.78 is 5.63. The van der Waals surface area contributed by atoms with Crippen LogP contribution in [-0.4, -0.2) is 24.1 Å². The zero-order valence-corrected chi connectivity index (χ0v) is 10.8. The lowest BCUT2D eigenvalue weighted by Gasteiger charge is -2.22. The van der Waals surface area contributed by atoms with Crippen molar-refractivity contribution in [3.8, 4) is 0 Å². The van der Waals surface area contributed by atoms with Gasteiger partial charge in [-0.1, -0.05) is 0 Å². The average Bonchev–Trinajstić information content (AvgIpc) is 2.71. The van der Waals surface area contributed by atoms with Gasteiger partial charge in [-0.15, -0.1) is 12.4 Å². The monoisotopic (exact) mass is 268 g/mol. The Hall–Kier alpha value is -1.46. The summed E-state index contributed by atoms with van der Waals surface area (Å²) in [5, 5.41) is 6.66. The number of nitrogen functional groups attached to an aromatic ring is 1. The lowest BCUT2D eigenvalue weighted by atomic mass is 10.1. The van der Waals surface area contributed by atoms with Crippen molar-refractivity contribution in [1.29, 1.82) is 0 Å². The number of nitrogens with one attached hydrogen (secondary N) is 2. The molecule has 0 unspecified atom stereocenters. The number of nitrogens with zero attached hydrogens (tertiary/aromatic N) is 1. The fraction of sp³-hybridized carbons (Fsp3) is 0.417. The second-order valence-corrected chi connectivity index (χ2v) is 4.41. The number of rotatable bonds is 2. The van der Waals surface area contributed by atoms with Crippen LogP contribution in [-0.2, 0) is 0 Å². The molecular weight excluding hydrogens is 252 g/mol. The topological polar surface area (TPSA) is 76.1 Å². The van der Waals surface area contributed by atoms with Crippen LogP contribution in [0.5, 0.6) is 0 Å². The van der Waals surface area contributed by atoms with Crippen molar-refractivity contribution >= 4 is 35.2 Å². The fourth-order valence-electron chi connectivity index (χ4n) is 2.15. The summed E-state index contributed by atoms with van der Waals surface area (Å²) in [7, 11) is 0. The zero-order valence-electron chi connectivity index (χ0n) is 9.98. The molecule has 0 amide bonds. The molecular formula is C12H17ClN4O. The molecule has 1 fully saturated rings. The number of benzene rings is 1. The van der Waals surface area contributed by atoms with Gasteiger partial charge in [0.05, 0.1) is 0 Å². The van der Waals surface area contributed by atoms with E-state index in [4.69, 9.17) is 10.2 Å². The SMILES string of the molecule is Cl.Nc1ccc2oc(NC3CCNCC3)nc2c1. The van der Waals surface area contributed by atoms with Crippen LogP contribution in [0.2, 0.25) is 0 Å². The molecule has 6 heteroatoms. The van der Waals surface area contributed by atoms with Gasteiger partial charge in [0, 0.05) is 11.7 Å². The Kier molecular flexibility index (Phi) is 3.93. The van der Waals surface area contributed by atoms with Gasteiger partial charge in [0.15, 0.2) is 5.58 Å². The first-order chi connectivity index (χ1) is 8.31. The highest BCUT2D eigenvalue weighted by atomic mass is 35.5. The second kappa shape index (κ2) is 5.46. The van der Waals surface area contributed by atoms with Crippen LogP contribution in [0.4, 0.5) is 11.7 Å². The molecule has 0 atom stereocenters. The molecule has 1 aromatic carbocycles. The number of halogens is 1. The van der Waals surface area contributed by atoms with E-state index in [0.717, 1.165) is 37.0 Å². The van der Waals surface area contributed by atoms with E-state index >= 15 is 0 Å². The van der Waals surface area contributed by atoms with Crippen molar-refractivity contribution < 1.29 is 4.42 Å². The van der Waals surface area contributed by atoms with E-state index < -0.39 is 0 Å². The molecule has 0 bridgehead atoms. The molecule has 2 aromatic rings. The van der Waals surface area contributed by atoms with Crippen molar-refractivity contribution in [1.82, 2.24) is 10.3 Å². The van der Waals surface area contributed by atoms with Crippen LogP contribution in [0.15, 0.2) is 22.6 Å². The van der Waals surface area contributed by atoms with E-state index in [0.29, 0.717) is 17.7 Å². The maximum Gasteiger partial charge on any atom is 0.295 e. The van der Waals surface area contributed by atoms with E-state index in [1.807, 2.05) is 18.2 Å². The van der Waals surface area contributed by atoms with E-state index in [2.05, 4.69) is 15.6 Å². The Morgan fingerprint density at radius 2 is 2.11 bits per heavy atom. The van der Waals surface area contributed by atoms with Crippen LogP contribution < -0.4 is 16.4 Å². The van der Waals surface area contributed by atoms with Crippen LogP contribution >= 0.6 is 12.4 Å². The van der Waals surface area contributed by atoms with Gasteiger partial charge < -0.3 is 20.8 Å². The number of hydrogen-bond acceptors (Lipinski definition) is 5. The van der Waals surface area contributed by atoms with Gasteiger partial charge in [0.1, 0.15) is 5.52 Å². The van der Waals surface area contributed by atoms with Crippen molar-refractivity contribution in [3.63, 3.8) is 0 Å². The Balaban J connectivity index is 0.00000120. The molecule has 18 heavy (non-hydrogen) atoms. The molecule has 1 saturated heterocycles. The quantitative estimate of drug-likeness (QED) is 0.727. The normalized spacial score (nSPS) is 16.4. The Morgan fingerprint density at radius 1 is 1.33 bits per heavy atom. The Morgan fingerprint density at radius 3 is 2.89 bits per heavy atom. The average molecular weight is 269 g/mol. The van der Waals surface area contributed by atoms with Crippen molar-refractivity contribution in [3.05, 3.63) is 18.2 Å². The van der Waals surface area contributed by atoms with E-state index in [-0.39, 0.29) is 12.4 Å². The maximum absolute atomic E-state index is 5.71. The lowest BCUT2D eigenvalue weighted by Crippen LogP contribution is -2.35. The van der Waals surface area contributed by atoms with E-state index in [1.54, 1.807) is 0 Å². The zero-order chi connectivity index (χ0) is 11.7. The number of piperidine rings is 1. The fourth-order valence-corrected chi connectivity index (χ4v) is 2.15. The van der Waals surface area contributed by atoms with Gasteiger partial charge in [-0.25, -0.2) is 0 Å². The number of aromatic nitrogens is 1. The minimum atomic E-state index is 0. The van der Waals surface area contributed by atoms with Gasteiger partial charge in [0.2, 0.25) is 0 Å².